The van der Waals surface area contributed by atoms with E-state index in [1.54, 1.807) is 6.92 Å². The first-order valence-corrected chi connectivity index (χ1v) is 7.16. The van der Waals surface area contributed by atoms with E-state index in [4.69, 9.17) is 9.39 Å². The largest absolute Gasteiger partial charge is 0.397 e. The average molecular weight is 313 g/mol. The van der Waals surface area contributed by atoms with Crippen LogP contribution in [0, 0.1) is 0 Å². The Hall–Kier alpha value is -1.00. The van der Waals surface area contributed by atoms with Crippen LogP contribution in [0.25, 0.3) is 0 Å². The molecule has 0 aliphatic heterocycles. The van der Waals surface area contributed by atoms with Gasteiger partial charge in [-0.1, -0.05) is 6.58 Å². The fraction of sp³-hybridized carbons (Fsp3) is 0.727. The molecule has 0 heterocycles. The second kappa shape index (κ2) is 9.83. The Kier molecular flexibility index (Phi) is 10.5. The van der Waals surface area contributed by atoms with E-state index in [2.05, 4.69) is 37.4 Å². The summed E-state index contributed by atoms with van der Waals surface area (Å²) >= 11 is 0. The van der Waals surface area contributed by atoms with Gasteiger partial charge in [0.15, 0.2) is 0 Å². The third-order valence-corrected chi connectivity index (χ3v) is 2.26. The number of carbonyl (C=O) groups is 1. The number of quaternary nitrogens is 1. The van der Waals surface area contributed by atoms with Crippen LogP contribution in [0.2, 0.25) is 0 Å². The molecule has 0 aliphatic carbocycles. The molecular formula is C11H25N2O6S+. The average Bonchev–Trinajstić information content (AvgIpc) is 2.26. The minimum atomic E-state index is -4.16. The Labute approximate surface area is 120 Å². The van der Waals surface area contributed by atoms with E-state index in [-0.39, 0.29) is 5.91 Å². The predicted molar refractivity (Wildman–Crippen MR) is 75.0 cm³/mol. The second-order valence-corrected chi connectivity index (χ2v) is 6.21. The van der Waals surface area contributed by atoms with Gasteiger partial charge in [0.25, 0.3) is 5.91 Å². The van der Waals surface area contributed by atoms with Gasteiger partial charge in [0.1, 0.15) is 0 Å². The van der Waals surface area contributed by atoms with Crippen molar-refractivity contribution >= 4 is 16.3 Å². The molecule has 0 atom stereocenters. The van der Waals surface area contributed by atoms with Crippen LogP contribution in [0.4, 0.5) is 0 Å². The standard InChI is InChI=1S/C10H20N2O2.CH4O4S/c1-9(2)10(13)11-14-8-6-7-12(3,4)5;1-5-6(2,3)4/h1,6-8H2,2-5H3;1H3,(H,2,3,4)/p+1. The molecule has 0 aliphatic rings. The molecule has 0 saturated carbocycles. The highest BCUT2D eigenvalue weighted by molar-refractivity contribution is 7.80. The van der Waals surface area contributed by atoms with Crippen molar-refractivity contribution in [1.29, 1.82) is 0 Å². The third-order valence-electron chi connectivity index (χ3n) is 1.84. The molecule has 0 bridgehead atoms. The topological polar surface area (TPSA) is 102 Å². The van der Waals surface area contributed by atoms with Crippen molar-refractivity contribution in [3.63, 3.8) is 0 Å². The van der Waals surface area contributed by atoms with E-state index in [0.29, 0.717) is 12.2 Å². The maximum atomic E-state index is 11.0. The molecule has 0 saturated heterocycles. The Morgan fingerprint density at radius 1 is 1.35 bits per heavy atom. The first-order chi connectivity index (χ1) is 8.89. The Balaban J connectivity index is 0. The Morgan fingerprint density at radius 3 is 2.10 bits per heavy atom. The van der Waals surface area contributed by atoms with E-state index in [0.717, 1.165) is 24.6 Å². The third kappa shape index (κ3) is 19.3. The zero-order valence-corrected chi connectivity index (χ0v) is 13.5. The van der Waals surface area contributed by atoms with Crippen LogP contribution in [0.15, 0.2) is 12.2 Å². The first kappa shape index (κ1) is 21.3. The minimum absolute atomic E-state index is 0.254. The summed E-state index contributed by atoms with van der Waals surface area (Å²) in [4.78, 5) is 15.9. The SMILES string of the molecule is C=C(C)C(=O)NOCCC[N+](C)(C)C.COS(=O)(=O)O. The van der Waals surface area contributed by atoms with Crippen LogP contribution in [-0.4, -0.2) is 64.8 Å². The molecule has 9 heteroatoms. The molecule has 20 heavy (non-hydrogen) atoms. The molecular weight excluding hydrogens is 288 g/mol. The maximum Gasteiger partial charge on any atom is 0.397 e. The van der Waals surface area contributed by atoms with Crippen LogP contribution in [0.1, 0.15) is 13.3 Å². The number of hydrogen-bond donors (Lipinski definition) is 2. The quantitative estimate of drug-likeness (QED) is 0.228. The normalized spacial score (nSPS) is 11.3. The number of carbonyl (C=O) groups excluding carboxylic acids is 1. The number of hydrogen-bond acceptors (Lipinski definition) is 5. The highest BCUT2D eigenvalue weighted by Crippen LogP contribution is 1.93. The lowest BCUT2D eigenvalue weighted by Gasteiger charge is -2.23. The van der Waals surface area contributed by atoms with Gasteiger partial charge >= 0.3 is 10.4 Å². The number of amides is 1. The molecule has 120 valence electrons. The summed E-state index contributed by atoms with van der Waals surface area (Å²) in [5.41, 5.74) is 2.78. The summed E-state index contributed by atoms with van der Waals surface area (Å²) in [6.45, 7) is 6.69. The summed E-state index contributed by atoms with van der Waals surface area (Å²) in [6, 6.07) is 0. The van der Waals surface area contributed by atoms with Crippen molar-refractivity contribution in [1.82, 2.24) is 5.48 Å². The van der Waals surface area contributed by atoms with Crippen LogP contribution in [-0.2, 0) is 24.2 Å². The van der Waals surface area contributed by atoms with Gasteiger partial charge in [-0.15, -0.1) is 0 Å². The van der Waals surface area contributed by atoms with Gasteiger partial charge in [0.2, 0.25) is 0 Å². The number of nitrogens with one attached hydrogen (secondary N) is 1. The second-order valence-electron chi connectivity index (χ2n) is 5.02. The lowest BCUT2D eigenvalue weighted by atomic mass is 10.3. The van der Waals surface area contributed by atoms with Gasteiger partial charge in [-0.2, -0.15) is 8.42 Å². The molecule has 0 unspecified atom stereocenters. The van der Waals surface area contributed by atoms with Gasteiger partial charge in [0, 0.05) is 12.0 Å². The van der Waals surface area contributed by atoms with E-state index in [1.165, 1.54) is 0 Å². The molecule has 0 aromatic carbocycles. The first-order valence-electron chi connectivity index (χ1n) is 5.80. The summed E-state index contributed by atoms with van der Waals surface area (Å²) in [7, 11) is 3.06. The lowest BCUT2D eigenvalue weighted by Crippen LogP contribution is -2.36. The van der Waals surface area contributed by atoms with Crippen molar-refractivity contribution in [2.75, 3.05) is 41.4 Å². The molecule has 0 radical (unpaired) electrons. The van der Waals surface area contributed by atoms with Gasteiger partial charge in [-0.3, -0.25) is 18.4 Å². The predicted octanol–water partition coefficient (Wildman–Crippen LogP) is 0.142. The van der Waals surface area contributed by atoms with E-state index in [1.807, 2.05) is 0 Å². The molecule has 0 spiro atoms. The highest BCUT2D eigenvalue weighted by Gasteiger charge is 2.06. The van der Waals surface area contributed by atoms with Gasteiger partial charge in [-0.25, -0.2) is 5.48 Å². The van der Waals surface area contributed by atoms with Gasteiger partial charge < -0.3 is 4.48 Å². The lowest BCUT2D eigenvalue weighted by molar-refractivity contribution is -0.870. The van der Waals surface area contributed by atoms with E-state index >= 15 is 0 Å². The van der Waals surface area contributed by atoms with Crippen molar-refractivity contribution in [2.45, 2.75) is 13.3 Å². The maximum absolute atomic E-state index is 11.0. The smallest absolute Gasteiger partial charge is 0.331 e. The molecule has 0 rings (SSSR count). The number of nitrogens with zero attached hydrogens (tertiary/aromatic N) is 1. The van der Waals surface area contributed by atoms with Crippen LogP contribution in [0.3, 0.4) is 0 Å². The van der Waals surface area contributed by atoms with Crippen molar-refractivity contribution < 1.29 is 31.3 Å². The van der Waals surface area contributed by atoms with Crippen molar-refractivity contribution in [3.8, 4) is 0 Å². The zero-order chi connectivity index (χ0) is 16.4. The fourth-order valence-corrected chi connectivity index (χ4v) is 0.815. The Morgan fingerprint density at radius 2 is 1.80 bits per heavy atom. The van der Waals surface area contributed by atoms with E-state index in [9.17, 15) is 13.2 Å². The zero-order valence-electron chi connectivity index (χ0n) is 12.7. The van der Waals surface area contributed by atoms with Gasteiger partial charge in [0.05, 0.1) is 41.4 Å². The molecule has 0 aromatic rings. The minimum Gasteiger partial charge on any atom is -0.331 e. The molecule has 0 fully saturated rings. The number of rotatable bonds is 7. The van der Waals surface area contributed by atoms with Crippen molar-refractivity contribution in [3.05, 3.63) is 12.2 Å². The van der Waals surface area contributed by atoms with E-state index < -0.39 is 10.4 Å². The van der Waals surface area contributed by atoms with Crippen LogP contribution < -0.4 is 5.48 Å². The molecule has 1 amide bonds. The molecule has 8 nitrogen and oxygen atoms in total. The summed E-state index contributed by atoms with van der Waals surface area (Å²) in [5.74, 6) is -0.254. The monoisotopic (exact) mass is 313 g/mol. The van der Waals surface area contributed by atoms with Crippen molar-refractivity contribution in [2.24, 2.45) is 0 Å². The van der Waals surface area contributed by atoms with Crippen LogP contribution in [0.5, 0.6) is 0 Å². The van der Waals surface area contributed by atoms with Gasteiger partial charge in [-0.05, 0) is 6.92 Å². The summed E-state index contributed by atoms with van der Waals surface area (Å²) < 4.78 is 30.6. The van der Waals surface area contributed by atoms with Crippen LogP contribution >= 0.6 is 0 Å². The highest BCUT2D eigenvalue weighted by atomic mass is 32.3. The molecule has 0 aromatic heterocycles. The molecule has 2 N–H and O–H groups in total. The number of hydroxylamine groups is 1. The Bertz CT molecular complexity index is 400. The fourth-order valence-electron chi connectivity index (χ4n) is 0.815. The summed E-state index contributed by atoms with van der Waals surface area (Å²) in [5, 5.41) is 0. The summed E-state index contributed by atoms with van der Waals surface area (Å²) in [6.07, 6.45) is 0.917.